The van der Waals surface area contributed by atoms with Crippen LogP contribution in [0.4, 0.5) is 0 Å². The van der Waals surface area contributed by atoms with Crippen molar-refractivity contribution in [1.29, 1.82) is 0 Å². The van der Waals surface area contributed by atoms with Crippen molar-refractivity contribution in [3.8, 4) is 0 Å². The molecule has 5 rings (SSSR count). The molecule has 0 saturated heterocycles. The van der Waals surface area contributed by atoms with E-state index in [1.807, 2.05) is 0 Å². The molecule has 0 amide bonds. The molecule has 0 heteroatoms. The molecule has 0 bridgehead atoms. The molecule has 2 fully saturated rings. The smallest absolute Gasteiger partial charge is 0.00367 e. The number of fused-ring (bicyclic) bond motifs is 6. The Hall–Kier alpha value is -1.30. The summed E-state index contributed by atoms with van der Waals surface area (Å²) in [7, 11) is 0. The molecule has 0 N–H and O–H groups in total. The van der Waals surface area contributed by atoms with Gasteiger partial charge < -0.3 is 0 Å². The highest BCUT2D eigenvalue weighted by Crippen LogP contribution is 2.70. The van der Waals surface area contributed by atoms with Crippen LogP contribution >= 0.6 is 0 Å². The monoisotopic (exact) mass is 220 g/mol. The van der Waals surface area contributed by atoms with Crippen molar-refractivity contribution in [3.05, 3.63) is 53.1 Å². The van der Waals surface area contributed by atoms with Gasteiger partial charge in [-0.2, -0.15) is 0 Å². The lowest BCUT2D eigenvalue weighted by Gasteiger charge is -2.49. The fraction of sp³-hybridized carbons (Fsp3) is 0.412. The third-order valence-electron chi connectivity index (χ3n) is 5.55. The van der Waals surface area contributed by atoms with Gasteiger partial charge in [-0.25, -0.2) is 0 Å². The quantitative estimate of drug-likeness (QED) is 0.583. The molecule has 0 nitrogen and oxygen atoms in total. The van der Waals surface area contributed by atoms with Crippen molar-refractivity contribution in [2.45, 2.75) is 19.3 Å². The normalized spacial score (nSPS) is 37.9. The zero-order chi connectivity index (χ0) is 11.0. The molecule has 1 aromatic carbocycles. The summed E-state index contributed by atoms with van der Waals surface area (Å²) >= 11 is 0. The van der Waals surface area contributed by atoms with E-state index in [1.165, 1.54) is 24.8 Å². The second-order valence-corrected chi connectivity index (χ2v) is 6.30. The summed E-state index contributed by atoms with van der Waals surface area (Å²) in [6.07, 6.45) is 11.8. The standard InChI is InChI=1S/C17H16/c1-2-4-12-10-15-14(9-11(12)3-1)13-5-6-17(7-8-17)16(13)15/h1-6,10,13-14,16H,7-9H2/t13-,14-,16-/m1/s1. The van der Waals surface area contributed by atoms with Crippen molar-refractivity contribution in [1.82, 2.24) is 0 Å². The third-order valence-corrected chi connectivity index (χ3v) is 5.55. The second kappa shape index (κ2) is 2.58. The minimum Gasteiger partial charge on any atom is -0.0836 e. The van der Waals surface area contributed by atoms with E-state index in [9.17, 15) is 0 Å². The zero-order valence-corrected chi connectivity index (χ0v) is 9.89. The molecule has 0 radical (unpaired) electrons. The Morgan fingerprint density at radius 1 is 1.12 bits per heavy atom. The average Bonchev–Trinajstić information content (AvgIpc) is 3.02. The molecule has 0 aliphatic heterocycles. The van der Waals surface area contributed by atoms with Gasteiger partial charge in [-0.05, 0) is 53.6 Å². The van der Waals surface area contributed by atoms with Gasteiger partial charge in [0.25, 0.3) is 0 Å². The first kappa shape index (κ1) is 8.74. The van der Waals surface area contributed by atoms with E-state index in [2.05, 4.69) is 42.5 Å². The lowest BCUT2D eigenvalue weighted by Crippen LogP contribution is -2.42. The van der Waals surface area contributed by atoms with Crippen LogP contribution in [0, 0.1) is 23.2 Å². The van der Waals surface area contributed by atoms with Gasteiger partial charge in [-0.1, -0.05) is 48.1 Å². The summed E-state index contributed by atoms with van der Waals surface area (Å²) in [4.78, 5) is 0. The predicted molar refractivity (Wildman–Crippen MR) is 69.4 cm³/mol. The molecule has 4 aliphatic rings. The lowest BCUT2D eigenvalue weighted by molar-refractivity contribution is 0.184. The fourth-order valence-corrected chi connectivity index (χ4v) is 4.51. The van der Waals surface area contributed by atoms with Crippen LogP contribution < -0.4 is 0 Å². The van der Waals surface area contributed by atoms with Gasteiger partial charge in [0.2, 0.25) is 0 Å². The summed E-state index contributed by atoms with van der Waals surface area (Å²) in [5.41, 5.74) is 5.44. The molecule has 17 heavy (non-hydrogen) atoms. The van der Waals surface area contributed by atoms with Gasteiger partial charge in [-0.15, -0.1) is 0 Å². The Balaban J connectivity index is 1.64. The van der Waals surface area contributed by atoms with E-state index in [-0.39, 0.29) is 0 Å². The van der Waals surface area contributed by atoms with E-state index in [0.29, 0.717) is 5.41 Å². The van der Waals surface area contributed by atoms with Crippen molar-refractivity contribution in [3.63, 3.8) is 0 Å². The first-order valence-corrected chi connectivity index (χ1v) is 6.86. The minimum absolute atomic E-state index is 0.624. The van der Waals surface area contributed by atoms with Crippen LogP contribution in [0.1, 0.15) is 24.0 Å². The summed E-state index contributed by atoms with van der Waals surface area (Å²) in [5.74, 6) is 2.60. The van der Waals surface area contributed by atoms with E-state index in [4.69, 9.17) is 0 Å². The maximum absolute atomic E-state index is 2.55. The summed E-state index contributed by atoms with van der Waals surface area (Å²) < 4.78 is 0. The highest BCUT2D eigenvalue weighted by molar-refractivity contribution is 5.65. The first-order valence-electron chi connectivity index (χ1n) is 6.86. The maximum atomic E-state index is 2.55. The SMILES string of the molecule is C1=CC2(CC2)[C@H]2C3=Cc4ccccc4C[C@@H]3[C@@H]12. The lowest BCUT2D eigenvalue weighted by atomic mass is 9.55. The topological polar surface area (TPSA) is 0 Å². The molecule has 1 spiro atoms. The molecule has 3 atom stereocenters. The van der Waals surface area contributed by atoms with Crippen molar-refractivity contribution in [2.24, 2.45) is 23.2 Å². The Morgan fingerprint density at radius 3 is 2.88 bits per heavy atom. The molecule has 0 heterocycles. The summed E-state index contributed by atoms with van der Waals surface area (Å²) in [5, 5.41) is 0. The number of allylic oxidation sites excluding steroid dienone is 3. The van der Waals surface area contributed by atoms with Crippen LogP contribution in [0.25, 0.3) is 6.08 Å². The van der Waals surface area contributed by atoms with Gasteiger partial charge in [0.05, 0.1) is 0 Å². The van der Waals surface area contributed by atoms with Crippen LogP contribution in [-0.2, 0) is 6.42 Å². The molecule has 0 unspecified atom stereocenters. The zero-order valence-electron chi connectivity index (χ0n) is 9.89. The molecular weight excluding hydrogens is 204 g/mol. The van der Waals surface area contributed by atoms with Gasteiger partial charge in [0.15, 0.2) is 0 Å². The Labute approximate surface area is 102 Å². The molecular formula is C17H16. The maximum Gasteiger partial charge on any atom is -0.00367 e. The number of rotatable bonds is 0. The highest BCUT2D eigenvalue weighted by atomic mass is 14.7. The average molecular weight is 220 g/mol. The Kier molecular flexibility index (Phi) is 1.33. The van der Waals surface area contributed by atoms with Gasteiger partial charge >= 0.3 is 0 Å². The fourth-order valence-electron chi connectivity index (χ4n) is 4.51. The summed E-state index contributed by atoms with van der Waals surface area (Å²) in [6, 6.07) is 8.95. The minimum atomic E-state index is 0.624. The molecule has 4 aliphatic carbocycles. The van der Waals surface area contributed by atoms with Crippen molar-refractivity contribution in [2.75, 3.05) is 0 Å². The van der Waals surface area contributed by atoms with E-state index in [1.54, 1.807) is 11.1 Å². The molecule has 0 aromatic heterocycles. The summed E-state index contributed by atoms with van der Waals surface area (Å²) in [6.45, 7) is 0. The van der Waals surface area contributed by atoms with E-state index in [0.717, 1.165) is 17.8 Å². The predicted octanol–water partition coefficient (Wildman–Crippen LogP) is 3.84. The highest BCUT2D eigenvalue weighted by Gasteiger charge is 2.62. The number of hydrogen-bond donors (Lipinski definition) is 0. The van der Waals surface area contributed by atoms with Gasteiger partial charge in [0.1, 0.15) is 0 Å². The Morgan fingerprint density at radius 2 is 2.00 bits per heavy atom. The van der Waals surface area contributed by atoms with E-state index < -0.39 is 0 Å². The molecule has 2 saturated carbocycles. The largest absolute Gasteiger partial charge is 0.0836 e. The Bertz CT molecular complexity index is 571. The molecule has 84 valence electrons. The van der Waals surface area contributed by atoms with Crippen LogP contribution in [-0.4, -0.2) is 0 Å². The van der Waals surface area contributed by atoms with Crippen LogP contribution in [0.3, 0.4) is 0 Å². The van der Waals surface area contributed by atoms with Crippen molar-refractivity contribution >= 4 is 6.08 Å². The van der Waals surface area contributed by atoms with Crippen LogP contribution in [0.5, 0.6) is 0 Å². The first-order chi connectivity index (χ1) is 8.37. The number of hydrogen-bond acceptors (Lipinski definition) is 0. The van der Waals surface area contributed by atoms with Gasteiger partial charge in [0, 0.05) is 0 Å². The molecule has 1 aromatic rings. The van der Waals surface area contributed by atoms with E-state index >= 15 is 0 Å². The van der Waals surface area contributed by atoms with Crippen LogP contribution in [0.15, 0.2) is 42.0 Å². The van der Waals surface area contributed by atoms with Crippen molar-refractivity contribution < 1.29 is 0 Å². The third kappa shape index (κ3) is 0.922. The number of benzene rings is 1. The van der Waals surface area contributed by atoms with Gasteiger partial charge in [-0.3, -0.25) is 0 Å². The van der Waals surface area contributed by atoms with Crippen LogP contribution in [0.2, 0.25) is 0 Å². The second-order valence-electron chi connectivity index (χ2n) is 6.30.